The molecule has 0 bridgehead atoms. The first-order valence-electron chi connectivity index (χ1n) is 6.29. The maximum Gasteiger partial charge on any atom is 0.328 e. The Bertz CT molecular complexity index is 696. The molecule has 0 fully saturated rings. The fraction of sp³-hybridized carbons (Fsp3) is 0.125. The number of hydrogen-bond donors (Lipinski definition) is 1. The summed E-state index contributed by atoms with van der Waals surface area (Å²) in [5.41, 5.74) is 1.68. The maximum absolute atomic E-state index is 10.5. The Hall–Kier alpha value is -2.58. The van der Waals surface area contributed by atoms with E-state index in [1.165, 1.54) is 0 Å². The van der Waals surface area contributed by atoms with Gasteiger partial charge in [0, 0.05) is 28.6 Å². The highest BCUT2D eigenvalue weighted by Crippen LogP contribution is 2.22. The third-order valence-corrected chi connectivity index (χ3v) is 3.94. The summed E-state index contributed by atoms with van der Waals surface area (Å²) < 4.78 is 0. The lowest BCUT2D eigenvalue weighted by atomic mass is 10.2. The summed E-state index contributed by atoms with van der Waals surface area (Å²) in [5.74, 6) is -0.945. The van der Waals surface area contributed by atoms with Crippen molar-refractivity contribution < 1.29 is 9.90 Å². The van der Waals surface area contributed by atoms with E-state index in [1.54, 1.807) is 29.5 Å². The van der Waals surface area contributed by atoms with Crippen molar-refractivity contribution in [3.63, 3.8) is 0 Å². The van der Waals surface area contributed by atoms with Crippen LogP contribution in [0.1, 0.15) is 15.3 Å². The summed E-state index contributed by atoms with van der Waals surface area (Å²) in [6.45, 7) is 0.734. The zero-order chi connectivity index (χ0) is 15.2. The van der Waals surface area contributed by atoms with Crippen LogP contribution in [-0.4, -0.2) is 18.1 Å². The Morgan fingerprint density at radius 2 is 2.05 bits per heavy atom. The van der Waals surface area contributed by atoms with Crippen LogP contribution in [0.25, 0.3) is 6.08 Å². The van der Waals surface area contributed by atoms with Crippen molar-refractivity contribution in [1.82, 2.24) is 0 Å². The smallest absolute Gasteiger partial charge is 0.328 e. The number of carbonyl (C=O) groups is 1. The Morgan fingerprint density at radius 1 is 1.33 bits per heavy atom. The van der Waals surface area contributed by atoms with Crippen molar-refractivity contribution in [3.05, 3.63) is 57.8 Å². The fourth-order valence-electron chi connectivity index (χ4n) is 1.84. The van der Waals surface area contributed by atoms with Crippen LogP contribution < -0.4 is 4.90 Å². The number of rotatable bonds is 5. The minimum absolute atomic E-state index is 0.643. The Kier molecular flexibility index (Phi) is 4.75. The molecule has 2 rings (SSSR count). The van der Waals surface area contributed by atoms with Crippen LogP contribution in [0.5, 0.6) is 0 Å². The number of thiophene rings is 1. The zero-order valence-electron chi connectivity index (χ0n) is 11.5. The number of hydrogen-bond acceptors (Lipinski definition) is 4. The summed E-state index contributed by atoms with van der Waals surface area (Å²) in [4.78, 5) is 14.6. The number of carboxylic acid groups (broad SMARTS) is 1. The average Bonchev–Trinajstić information content (AvgIpc) is 2.92. The minimum atomic E-state index is -0.945. The highest BCUT2D eigenvalue weighted by molar-refractivity contribution is 7.12. The van der Waals surface area contributed by atoms with Crippen LogP contribution in [0.4, 0.5) is 5.69 Å². The topological polar surface area (TPSA) is 64.3 Å². The van der Waals surface area contributed by atoms with Gasteiger partial charge in [0.2, 0.25) is 0 Å². The quantitative estimate of drug-likeness (QED) is 0.860. The van der Waals surface area contributed by atoms with Crippen LogP contribution in [0, 0.1) is 11.3 Å². The number of aliphatic carboxylic acids is 1. The van der Waals surface area contributed by atoms with Gasteiger partial charge in [0.15, 0.2) is 0 Å². The monoisotopic (exact) mass is 298 g/mol. The lowest BCUT2D eigenvalue weighted by Crippen LogP contribution is -2.15. The number of benzene rings is 1. The molecule has 0 aliphatic rings. The van der Waals surface area contributed by atoms with E-state index >= 15 is 0 Å². The third kappa shape index (κ3) is 4.20. The van der Waals surface area contributed by atoms with E-state index in [0.717, 1.165) is 28.1 Å². The molecular formula is C16H14N2O2S. The highest BCUT2D eigenvalue weighted by atomic mass is 32.1. The Morgan fingerprint density at radius 3 is 2.67 bits per heavy atom. The zero-order valence-corrected chi connectivity index (χ0v) is 12.3. The van der Waals surface area contributed by atoms with E-state index in [1.807, 2.05) is 31.3 Å². The van der Waals surface area contributed by atoms with Crippen LogP contribution in [0.15, 0.2) is 42.5 Å². The SMILES string of the molecule is CN(Cc1ccc(C=CC(=O)O)s1)c1ccc(C#N)cc1. The fourth-order valence-corrected chi connectivity index (χ4v) is 2.81. The third-order valence-electron chi connectivity index (χ3n) is 2.90. The second-order valence-electron chi connectivity index (χ2n) is 4.49. The largest absolute Gasteiger partial charge is 0.478 e. The van der Waals surface area contributed by atoms with Gasteiger partial charge in [-0.3, -0.25) is 0 Å². The summed E-state index contributed by atoms with van der Waals surface area (Å²) >= 11 is 1.56. The molecule has 0 aliphatic heterocycles. The molecule has 1 heterocycles. The molecule has 1 N–H and O–H groups in total. The molecule has 0 aliphatic carbocycles. The van der Waals surface area contributed by atoms with Gasteiger partial charge in [-0.15, -0.1) is 11.3 Å². The minimum Gasteiger partial charge on any atom is -0.478 e. The lowest BCUT2D eigenvalue weighted by Gasteiger charge is -2.18. The van der Waals surface area contributed by atoms with Gasteiger partial charge in [0.1, 0.15) is 0 Å². The normalized spacial score (nSPS) is 10.5. The molecule has 2 aromatic rings. The van der Waals surface area contributed by atoms with Gasteiger partial charge in [0.05, 0.1) is 18.2 Å². The second kappa shape index (κ2) is 6.73. The van der Waals surface area contributed by atoms with E-state index in [4.69, 9.17) is 10.4 Å². The predicted octanol–water partition coefficient (Wildman–Crippen LogP) is 3.35. The van der Waals surface area contributed by atoms with Crippen molar-refractivity contribution in [2.24, 2.45) is 0 Å². The molecule has 0 amide bonds. The summed E-state index contributed by atoms with van der Waals surface area (Å²) in [7, 11) is 1.98. The van der Waals surface area contributed by atoms with Gasteiger partial charge in [-0.2, -0.15) is 5.26 Å². The molecule has 0 spiro atoms. The van der Waals surface area contributed by atoms with Gasteiger partial charge in [-0.25, -0.2) is 4.79 Å². The van der Waals surface area contributed by atoms with E-state index in [0.29, 0.717) is 5.56 Å². The molecule has 106 valence electrons. The van der Waals surface area contributed by atoms with Gasteiger partial charge < -0.3 is 10.0 Å². The number of nitriles is 1. The first kappa shape index (κ1) is 14.8. The van der Waals surface area contributed by atoms with Gasteiger partial charge >= 0.3 is 5.97 Å². The average molecular weight is 298 g/mol. The van der Waals surface area contributed by atoms with Gasteiger partial charge in [-0.1, -0.05) is 0 Å². The van der Waals surface area contributed by atoms with Crippen molar-refractivity contribution in [3.8, 4) is 6.07 Å². The molecular weight excluding hydrogens is 284 g/mol. The predicted molar refractivity (Wildman–Crippen MR) is 84.3 cm³/mol. The van der Waals surface area contributed by atoms with Gasteiger partial charge in [-0.05, 0) is 42.5 Å². The van der Waals surface area contributed by atoms with Crippen molar-refractivity contribution in [1.29, 1.82) is 5.26 Å². The van der Waals surface area contributed by atoms with E-state index in [9.17, 15) is 4.79 Å². The molecule has 0 unspecified atom stereocenters. The standard InChI is InChI=1S/C16H14N2O2S/c1-18(13-4-2-12(10-17)3-5-13)11-15-7-6-14(21-15)8-9-16(19)20/h2-9H,11H2,1H3,(H,19,20). The van der Waals surface area contributed by atoms with Gasteiger partial charge in [0.25, 0.3) is 0 Å². The van der Waals surface area contributed by atoms with E-state index < -0.39 is 5.97 Å². The maximum atomic E-state index is 10.5. The van der Waals surface area contributed by atoms with Crippen LogP contribution in [0.3, 0.4) is 0 Å². The molecule has 0 saturated carbocycles. The second-order valence-corrected chi connectivity index (χ2v) is 5.69. The van der Waals surface area contributed by atoms with E-state index in [2.05, 4.69) is 11.0 Å². The Labute approximate surface area is 127 Å². The number of anilines is 1. The highest BCUT2D eigenvalue weighted by Gasteiger charge is 2.05. The molecule has 1 aromatic carbocycles. The Balaban J connectivity index is 2.03. The first-order valence-corrected chi connectivity index (χ1v) is 7.11. The van der Waals surface area contributed by atoms with Crippen LogP contribution in [-0.2, 0) is 11.3 Å². The molecule has 5 heteroatoms. The van der Waals surface area contributed by atoms with E-state index in [-0.39, 0.29) is 0 Å². The first-order chi connectivity index (χ1) is 10.1. The molecule has 21 heavy (non-hydrogen) atoms. The van der Waals surface area contributed by atoms with Crippen molar-refractivity contribution in [2.45, 2.75) is 6.54 Å². The molecule has 0 saturated heterocycles. The summed E-state index contributed by atoms with van der Waals surface area (Å²) in [6, 6.07) is 13.4. The van der Waals surface area contributed by atoms with Crippen LogP contribution in [0.2, 0.25) is 0 Å². The van der Waals surface area contributed by atoms with Crippen molar-refractivity contribution in [2.75, 3.05) is 11.9 Å². The summed E-state index contributed by atoms with van der Waals surface area (Å²) in [5, 5.41) is 17.4. The molecule has 1 aromatic heterocycles. The summed E-state index contributed by atoms with van der Waals surface area (Å²) in [6.07, 6.45) is 2.73. The number of carboxylic acids is 1. The molecule has 0 atom stereocenters. The lowest BCUT2D eigenvalue weighted by molar-refractivity contribution is -0.131. The molecule has 0 radical (unpaired) electrons. The molecule has 4 nitrogen and oxygen atoms in total. The number of nitrogens with zero attached hydrogens (tertiary/aromatic N) is 2. The van der Waals surface area contributed by atoms with Crippen LogP contribution >= 0.6 is 11.3 Å². The van der Waals surface area contributed by atoms with Crippen molar-refractivity contribution >= 4 is 29.1 Å².